The first-order valence-electron chi connectivity index (χ1n) is 26.0. The van der Waals surface area contributed by atoms with Crippen molar-refractivity contribution in [2.24, 2.45) is 5.41 Å². The van der Waals surface area contributed by atoms with Crippen LogP contribution in [0.15, 0.2) is 132 Å². The Morgan fingerprint density at radius 3 is 2.27 bits per heavy atom. The number of fused-ring (bicyclic) bond motifs is 4. The van der Waals surface area contributed by atoms with Gasteiger partial charge in [0.1, 0.15) is 5.58 Å². The summed E-state index contributed by atoms with van der Waals surface area (Å²) in [6.07, 6.45) is 4.33. The molecular formula is C58H56FIrN3O-2. The molecule has 10 rings (SSSR count). The van der Waals surface area contributed by atoms with Gasteiger partial charge < -0.3 is 14.0 Å². The van der Waals surface area contributed by atoms with Crippen LogP contribution < -0.4 is 0 Å². The number of aromatic nitrogens is 3. The van der Waals surface area contributed by atoms with Crippen LogP contribution in [0.3, 0.4) is 0 Å². The second kappa shape index (κ2) is 18.4. The van der Waals surface area contributed by atoms with Gasteiger partial charge in [0.2, 0.25) is 0 Å². The van der Waals surface area contributed by atoms with Gasteiger partial charge in [0, 0.05) is 55.5 Å². The molecular weight excluding hydrogens is 966 g/mol. The molecule has 1 aliphatic rings. The molecule has 64 heavy (non-hydrogen) atoms. The van der Waals surface area contributed by atoms with Gasteiger partial charge in [-0.05, 0) is 125 Å². The Labute approximate surface area is 404 Å². The zero-order valence-corrected chi connectivity index (χ0v) is 39.3. The number of furan rings is 1. The van der Waals surface area contributed by atoms with Crippen LogP contribution in [0, 0.1) is 37.1 Å². The number of hydrogen-bond acceptors (Lipinski definition) is 3. The number of aryl methyl sites for hydroxylation is 2. The fourth-order valence-corrected chi connectivity index (χ4v) is 8.78. The van der Waals surface area contributed by atoms with E-state index in [1.807, 2.05) is 105 Å². The Morgan fingerprint density at radius 2 is 1.55 bits per heavy atom. The number of halogens is 1. The fourth-order valence-electron chi connectivity index (χ4n) is 8.78. The molecule has 0 N–H and O–H groups in total. The van der Waals surface area contributed by atoms with Crippen molar-refractivity contribution in [3.05, 3.63) is 173 Å². The molecule has 3 heterocycles. The van der Waals surface area contributed by atoms with E-state index in [9.17, 15) is 5.76 Å². The first kappa shape index (κ1) is 34.7. The molecule has 1 aliphatic carbocycles. The van der Waals surface area contributed by atoms with Gasteiger partial charge in [0.15, 0.2) is 0 Å². The summed E-state index contributed by atoms with van der Waals surface area (Å²) in [6, 6.07) is 42.2. The Morgan fingerprint density at radius 1 is 0.812 bits per heavy atom. The van der Waals surface area contributed by atoms with Crippen LogP contribution in [0.2, 0.25) is 0 Å². The molecule has 0 atom stereocenters. The van der Waals surface area contributed by atoms with Crippen molar-refractivity contribution in [3.63, 3.8) is 0 Å². The molecule has 0 unspecified atom stereocenters. The van der Waals surface area contributed by atoms with E-state index >= 15 is 0 Å². The van der Waals surface area contributed by atoms with Crippen molar-refractivity contribution in [3.8, 4) is 39.5 Å². The van der Waals surface area contributed by atoms with Gasteiger partial charge in [-0.1, -0.05) is 125 Å². The number of hydrogen-bond donors (Lipinski definition) is 0. The van der Waals surface area contributed by atoms with Crippen LogP contribution in [0.4, 0.5) is 4.39 Å². The number of para-hydroxylation sites is 4. The number of rotatable bonds is 7. The minimum absolute atomic E-state index is 0. The number of benzene rings is 6. The van der Waals surface area contributed by atoms with Gasteiger partial charge in [-0.25, -0.2) is 0 Å². The summed E-state index contributed by atoms with van der Waals surface area (Å²) in [6.45, 7) is 6.70. The van der Waals surface area contributed by atoms with E-state index in [4.69, 9.17) is 20.4 Å². The molecule has 0 bridgehead atoms. The van der Waals surface area contributed by atoms with Crippen molar-refractivity contribution in [1.82, 2.24) is 14.5 Å². The molecule has 0 amide bonds. The minimum Gasteiger partial charge on any atom is -0.501 e. The topological polar surface area (TPSA) is 43.9 Å². The van der Waals surface area contributed by atoms with Crippen molar-refractivity contribution < 1.29 is 41.2 Å². The predicted octanol–water partition coefficient (Wildman–Crippen LogP) is 16.3. The summed E-state index contributed by atoms with van der Waals surface area (Å²) in [5.74, 6) is -2.44. The van der Waals surface area contributed by atoms with Crippen molar-refractivity contribution in [2.45, 2.75) is 98.6 Å². The van der Waals surface area contributed by atoms with Crippen molar-refractivity contribution >= 4 is 33.0 Å². The quantitative estimate of drug-likeness (QED) is 0.149. The zero-order valence-electron chi connectivity index (χ0n) is 45.9. The van der Waals surface area contributed by atoms with E-state index in [1.54, 1.807) is 36.4 Å². The number of nitrogens with zero attached hydrogens (tertiary/aromatic N) is 3. The summed E-state index contributed by atoms with van der Waals surface area (Å²) in [5.41, 5.74) is 8.31. The monoisotopic (exact) mass is 1030 g/mol. The van der Waals surface area contributed by atoms with Gasteiger partial charge in [-0.3, -0.25) is 9.37 Å². The average molecular weight is 1030 g/mol. The Balaban J connectivity index is 0.000000203. The Hall–Kier alpha value is -5.68. The predicted molar refractivity (Wildman–Crippen MR) is 259 cm³/mol. The van der Waals surface area contributed by atoms with Gasteiger partial charge >= 0.3 is 0 Å². The molecule has 1 fully saturated rings. The molecule has 1 saturated carbocycles. The van der Waals surface area contributed by atoms with Gasteiger partial charge in [-0.2, -0.15) is 0 Å². The standard InChI is InChI=1S/C33H32NO.C25H24FN2.Ir/c1-21-18-24(23-14-16-33(3,4)17-15-23)12-13-25(21)29-19-30(34-20-22(29)2)28-10-7-9-27-26-8-5-6-11-31(26)35-32(27)28;1-16(2)20-8-7-9-21(17(3)4)24(20)28-23-11-6-5-10-22(23)27-25(28)18-12-14-19(26)15-13-18;/h5-9,11-13,18-20,23H,14-17H2,1-4H3;5-12,14-17H,1-4H3;/q2*-1;/i1D3,2D3,23D;16D,17D;. The molecule has 4 nitrogen and oxygen atoms in total. The smallest absolute Gasteiger partial charge is 0.120 e. The van der Waals surface area contributed by atoms with Crippen LogP contribution in [-0.2, 0) is 20.1 Å². The molecule has 0 aliphatic heterocycles. The van der Waals surface area contributed by atoms with E-state index in [0.29, 0.717) is 57.8 Å². The average Bonchev–Trinajstić information content (AvgIpc) is 3.90. The maximum Gasteiger partial charge on any atom is 0.120 e. The third-order valence-corrected chi connectivity index (χ3v) is 12.3. The van der Waals surface area contributed by atoms with Crippen LogP contribution in [0.5, 0.6) is 0 Å². The van der Waals surface area contributed by atoms with Crippen LogP contribution in [-0.4, -0.2) is 14.5 Å². The van der Waals surface area contributed by atoms with Crippen molar-refractivity contribution in [1.29, 1.82) is 0 Å². The normalized spacial score (nSPS) is 17.3. The maximum absolute atomic E-state index is 13.6. The minimum atomic E-state index is -2.54. The zero-order chi connectivity index (χ0) is 51.8. The van der Waals surface area contributed by atoms with E-state index in [2.05, 4.69) is 31.0 Å². The number of pyridine rings is 1. The second-order valence-electron chi connectivity index (χ2n) is 17.7. The maximum atomic E-state index is 13.6. The Kier molecular flexibility index (Phi) is 9.99. The molecule has 6 aromatic carbocycles. The van der Waals surface area contributed by atoms with Crippen LogP contribution >= 0.6 is 0 Å². The van der Waals surface area contributed by atoms with E-state index in [-0.39, 0.29) is 48.0 Å². The number of imidazole rings is 1. The summed E-state index contributed by atoms with van der Waals surface area (Å²) in [5, 5.41) is 1.82. The summed E-state index contributed by atoms with van der Waals surface area (Å²) in [4.78, 5) is 9.33. The van der Waals surface area contributed by atoms with Gasteiger partial charge in [0.05, 0.1) is 22.4 Å². The SMILES string of the molecule is [2H]C(C)(C)c1cccc(C([2H])(C)C)c1-n1c(-c2[c-]cc(F)cc2)nc2ccccc21.[2H]C([2H])([2H])c1cnc(-c2[c-]ccc3c2oc2ccccc23)cc1-c1ccc(C2([2H])CCC(C)(C)CC2)cc1C([2H])([2H])[2H].[Ir]. The Bertz CT molecular complexity index is 3450. The van der Waals surface area contributed by atoms with E-state index in [1.165, 1.54) is 18.3 Å². The third kappa shape index (κ3) is 8.75. The first-order chi connectivity index (χ1) is 33.7. The summed E-state index contributed by atoms with van der Waals surface area (Å²) < 4.78 is 98.4. The van der Waals surface area contributed by atoms with Crippen LogP contribution in [0.1, 0.15) is 125 Å². The van der Waals surface area contributed by atoms with E-state index < -0.39 is 31.4 Å². The summed E-state index contributed by atoms with van der Waals surface area (Å²) >= 11 is 0. The van der Waals surface area contributed by atoms with E-state index in [0.717, 1.165) is 51.5 Å². The molecule has 9 aromatic rings. The molecule has 6 heteroatoms. The van der Waals surface area contributed by atoms with Gasteiger partial charge in [0.25, 0.3) is 0 Å². The van der Waals surface area contributed by atoms with Crippen molar-refractivity contribution in [2.75, 3.05) is 0 Å². The molecule has 1 radical (unpaired) electrons. The van der Waals surface area contributed by atoms with Crippen LogP contribution in [0.25, 0.3) is 72.4 Å². The van der Waals surface area contributed by atoms with Gasteiger partial charge in [-0.15, -0.1) is 48.0 Å². The second-order valence-corrected chi connectivity index (χ2v) is 17.7. The first-order valence-corrected chi connectivity index (χ1v) is 21.5. The molecule has 0 saturated heterocycles. The molecule has 327 valence electrons. The fraction of sp³-hybridized carbons (Fsp3) is 0.276. The largest absolute Gasteiger partial charge is 0.501 e. The molecule has 0 spiro atoms. The molecule has 3 aromatic heterocycles. The summed E-state index contributed by atoms with van der Waals surface area (Å²) in [7, 11) is 0. The third-order valence-electron chi connectivity index (χ3n) is 12.3.